The number of methoxy groups -OCH3 is 1. The SMILES string of the molecule is COC1OC(CO)C(O)CC1O. The van der Waals surface area contributed by atoms with E-state index in [0.717, 1.165) is 0 Å². The lowest BCUT2D eigenvalue weighted by Gasteiger charge is -2.35. The summed E-state index contributed by atoms with van der Waals surface area (Å²) in [6, 6.07) is 0. The molecule has 1 heterocycles. The number of hydrogen-bond acceptors (Lipinski definition) is 5. The van der Waals surface area contributed by atoms with Crippen molar-refractivity contribution >= 4 is 0 Å². The molecule has 0 aromatic heterocycles. The van der Waals surface area contributed by atoms with Gasteiger partial charge in [0.2, 0.25) is 0 Å². The van der Waals surface area contributed by atoms with E-state index in [9.17, 15) is 10.2 Å². The van der Waals surface area contributed by atoms with Crippen molar-refractivity contribution in [2.24, 2.45) is 0 Å². The molecule has 12 heavy (non-hydrogen) atoms. The smallest absolute Gasteiger partial charge is 0.183 e. The van der Waals surface area contributed by atoms with E-state index in [1.165, 1.54) is 7.11 Å². The van der Waals surface area contributed by atoms with Crippen LogP contribution >= 0.6 is 0 Å². The maximum absolute atomic E-state index is 9.26. The molecule has 5 nitrogen and oxygen atoms in total. The molecule has 0 spiro atoms. The zero-order valence-corrected chi connectivity index (χ0v) is 6.88. The highest BCUT2D eigenvalue weighted by atomic mass is 16.7. The van der Waals surface area contributed by atoms with E-state index in [2.05, 4.69) is 0 Å². The van der Waals surface area contributed by atoms with Crippen LogP contribution < -0.4 is 0 Å². The highest BCUT2D eigenvalue weighted by Crippen LogP contribution is 2.20. The molecule has 4 atom stereocenters. The Bertz CT molecular complexity index is 126. The normalized spacial score (nSPS) is 43.0. The van der Waals surface area contributed by atoms with Crippen molar-refractivity contribution in [2.75, 3.05) is 13.7 Å². The van der Waals surface area contributed by atoms with Crippen molar-refractivity contribution in [1.29, 1.82) is 0 Å². The van der Waals surface area contributed by atoms with Crippen LogP contribution in [0.3, 0.4) is 0 Å². The molecular weight excluding hydrogens is 164 g/mol. The molecule has 0 aromatic carbocycles. The first-order valence-electron chi connectivity index (χ1n) is 3.84. The number of aliphatic hydroxyl groups excluding tert-OH is 3. The van der Waals surface area contributed by atoms with Gasteiger partial charge in [-0.15, -0.1) is 0 Å². The van der Waals surface area contributed by atoms with Crippen molar-refractivity contribution in [2.45, 2.75) is 31.0 Å². The highest BCUT2D eigenvalue weighted by molar-refractivity contribution is 4.80. The van der Waals surface area contributed by atoms with Gasteiger partial charge in [0.25, 0.3) is 0 Å². The third-order valence-electron chi connectivity index (χ3n) is 1.95. The molecule has 1 fully saturated rings. The van der Waals surface area contributed by atoms with Gasteiger partial charge in [0.15, 0.2) is 6.29 Å². The summed E-state index contributed by atoms with van der Waals surface area (Å²) in [6.45, 7) is -0.270. The molecule has 0 saturated carbocycles. The second kappa shape index (κ2) is 4.15. The maximum atomic E-state index is 9.26. The molecule has 4 unspecified atom stereocenters. The van der Waals surface area contributed by atoms with E-state index in [4.69, 9.17) is 14.6 Å². The van der Waals surface area contributed by atoms with Crippen LogP contribution in [0, 0.1) is 0 Å². The molecule has 1 aliphatic rings. The molecular formula is C7H14O5. The fourth-order valence-electron chi connectivity index (χ4n) is 1.24. The molecule has 3 N–H and O–H groups in total. The Labute approximate surface area is 70.5 Å². The van der Waals surface area contributed by atoms with Gasteiger partial charge in [-0.05, 0) is 0 Å². The van der Waals surface area contributed by atoms with E-state index < -0.39 is 24.6 Å². The van der Waals surface area contributed by atoms with Crippen molar-refractivity contribution in [3.63, 3.8) is 0 Å². The van der Waals surface area contributed by atoms with Crippen LogP contribution in [0.15, 0.2) is 0 Å². The van der Waals surface area contributed by atoms with E-state index in [1.807, 2.05) is 0 Å². The molecule has 1 saturated heterocycles. The quantitative estimate of drug-likeness (QED) is 0.477. The Morgan fingerprint density at radius 3 is 2.58 bits per heavy atom. The molecule has 1 aliphatic heterocycles. The lowest BCUT2D eigenvalue weighted by Crippen LogP contribution is -2.49. The minimum Gasteiger partial charge on any atom is -0.394 e. The second-order valence-corrected chi connectivity index (χ2v) is 2.83. The van der Waals surface area contributed by atoms with Crippen LogP contribution in [0.5, 0.6) is 0 Å². The topological polar surface area (TPSA) is 79.2 Å². The Morgan fingerprint density at radius 2 is 2.08 bits per heavy atom. The summed E-state index contributed by atoms with van der Waals surface area (Å²) in [4.78, 5) is 0. The fourth-order valence-corrected chi connectivity index (χ4v) is 1.24. The number of rotatable bonds is 2. The molecule has 5 heteroatoms. The largest absolute Gasteiger partial charge is 0.394 e. The first kappa shape index (κ1) is 9.88. The standard InChI is InChI=1S/C7H14O5/c1-11-7-5(10)2-4(9)6(3-8)12-7/h4-10H,2-3H2,1H3. The number of hydrogen-bond donors (Lipinski definition) is 3. The van der Waals surface area contributed by atoms with Crippen molar-refractivity contribution in [3.05, 3.63) is 0 Å². The van der Waals surface area contributed by atoms with Crippen molar-refractivity contribution in [3.8, 4) is 0 Å². The summed E-state index contributed by atoms with van der Waals surface area (Å²) in [6.07, 6.45) is -2.88. The Kier molecular flexibility index (Phi) is 3.42. The maximum Gasteiger partial charge on any atom is 0.183 e. The summed E-state index contributed by atoms with van der Waals surface area (Å²) in [5, 5.41) is 27.3. The first-order valence-corrected chi connectivity index (χ1v) is 3.84. The fraction of sp³-hybridized carbons (Fsp3) is 1.00. The molecule has 0 aliphatic carbocycles. The predicted molar refractivity (Wildman–Crippen MR) is 39.4 cm³/mol. The molecule has 0 amide bonds. The minimum atomic E-state index is -0.826. The van der Waals surface area contributed by atoms with Crippen molar-refractivity contribution in [1.82, 2.24) is 0 Å². The lowest BCUT2D eigenvalue weighted by atomic mass is 10.0. The highest BCUT2D eigenvalue weighted by Gasteiger charge is 2.35. The summed E-state index contributed by atoms with van der Waals surface area (Å²) >= 11 is 0. The van der Waals surface area contributed by atoms with Gasteiger partial charge in [-0.25, -0.2) is 0 Å². The molecule has 0 radical (unpaired) electrons. The van der Waals surface area contributed by atoms with Crippen LogP contribution in [0.25, 0.3) is 0 Å². The summed E-state index contributed by atoms with van der Waals surface area (Å²) in [5.74, 6) is 0. The monoisotopic (exact) mass is 178 g/mol. The molecule has 72 valence electrons. The Hall–Kier alpha value is -0.200. The Morgan fingerprint density at radius 1 is 1.42 bits per heavy atom. The number of aliphatic hydroxyl groups is 3. The van der Waals surface area contributed by atoms with Crippen LogP contribution in [-0.4, -0.2) is 53.6 Å². The van der Waals surface area contributed by atoms with E-state index in [0.29, 0.717) is 0 Å². The van der Waals surface area contributed by atoms with Crippen molar-refractivity contribution < 1.29 is 24.8 Å². The van der Waals surface area contributed by atoms with Gasteiger partial charge in [-0.2, -0.15) is 0 Å². The van der Waals surface area contributed by atoms with Crippen LogP contribution in [-0.2, 0) is 9.47 Å². The summed E-state index contributed by atoms with van der Waals surface area (Å²) < 4.78 is 9.83. The van der Waals surface area contributed by atoms with Gasteiger partial charge in [-0.3, -0.25) is 0 Å². The predicted octanol–water partition coefficient (Wildman–Crippen LogP) is -1.54. The Balaban J connectivity index is 2.50. The van der Waals surface area contributed by atoms with E-state index in [1.54, 1.807) is 0 Å². The average molecular weight is 178 g/mol. The van der Waals surface area contributed by atoms with E-state index >= 15 is 0 Å². The van der Waals surface area contributed by atoms with Gasteiger partial charge in [-0.1, -0.05) is 0 Å². The van der Waals surface area contributed by atoms with Gasteiger partial charge in [0.05, 0.1) is 12.7 Å². The first-order chi connectivity index (χ1) is 5.69. The third-order valence-corrected chi connectivity index (χ3v) is 1.95. The van der Waals surface area contributed by atoms with Gasteiger partial charge in [0, 0.05) is 13.5 Å². The van der Waals surface area contributed by atoms with Crippen LogP contribution in [0.2, 0.25) is 0 Å². The van der Waals surface area contributed by atoms with Gasteiger partial charge >= 0.3 is 0 Å². The zero-order valence-electron chi connectivity index (χ0n) is 6.88. The van der Waals surface area contributed by atoms with E-state index in [-0.39, 0.29) is 13.0 Å². The van der Waals surface area contributed by atoms with Crippen LogP contribution in [0.4, 0.5) is 0 Å². The number of ether oxygens (including phenoxy) is 2. The van der Waals surface area contributed by atoms with Gasteiger partial charge in [0.1, 0.15) is 12.2 Å². The van der Waals surface area contributed by atoms with Gasteiger partial charge < -0.3 is 24.8 Å². The van der Waals surface area contributed by atoms with Crippen LogP contribution in [0.1, 0.15) is 6.42 Å². The second-order valence-electron chi connectivity index (χ2n) is 2.83. The third kappa shape index (κ3) is 1.94. The minimum absolute atomic E-state index is 0.170. The summed E-state index contributed by atoms with van der Waals surface area (Å²) in [5.41, 5.74) is 0. The average Bonchev–Trinajstić information content (AvgIpc) is 2.05. The molecule has 0 bridgehead atoms. The zero-order chi connectivity index (χ0) is 9.14. The summed E-state index contributed by atoms with van der Waals surface area (Å²) in [7, 11) is 1.40. The lowest BCUT2D eigenvalue weighted by molar-refractivity contribution is -0.261. The molecule has 1 rings (SSSR count). The molecule has 0 aromatic rings.